The molecule has 94 valence electrons. The topological polar surface area (TPSA) is 63.3 Å². The van der Waals surface area contributed by atoms with E-state index in [4.69, 9.17) is 10.8 Å². The van der Waals surface area contributed by atoms with Gasteiger partial charge in [0, 0.05) is 11.0 Å². The number of hydrogen-bond acceptors (Lipinski definition) is 2. The van der Waals surface area contributed by atoms with Gasteiger partial charge in [0.2, 0.25) is 0 Å². The average molecular weight is 227 g/mol. The quantitative estimate of drug-likeness (QED) is 0.779. The summed E-state index contributed by atoms with van der Waals surface area (Å²) in [7, 11) is 0. The molecule has 0 aromatic heterocycles. The summed E-state index contributed by atoms with van der Waals surface area (Å²) in [5.74, 6) is 0.248. The van der Waals surface area contributed by atoms with E-state index in [1.54, 1.807) is 0 Å². The van der Waals surface area contributed by atoms with Gasteiger partial charge in [-0.05, 0) is 38.5 Å². The molecule has 3 N–H and O–H groups in total. The summed E-state index contributed by atoms with van der Waals surface area (Å²) < 4.78 is 0. The predicted octanol–water partition coefficient (Wildman–Crippen LogP) is 2.64. The van der Waals surface area contributed by atoms with Crippen molar-refractivity contribution in [3.8, 4) is 0 Å². The molecule has 0 heterocycles. The Balaban J connectivity index is 3.05. The van der Waals surface area contributed by atoms with E-state index >= 15 is 0 Å². The molecule has 3 nitrogen and oxygen atoms in total. The van der Waals surface area contributed by atoms with Crippen LogP contribution in [0.1, 0.15) is 53.4 Å². The number of aliphatic carboxylic acids is 1. The molecular formula is C13H25NO2. The van der Waals surface area contributed by atoms with E-state index in [1.165, 1.54) is 6.42 Å². The first-order valence-electron chi connectivity index (χ1n) is 6.20. The summed E-state index contributed by atoms with van der Waals surface area (Å²) in [5.41, 5.74) is 5.60. The highest BCUT2D eigenvalue weighted by Crippen LogP contribution is 2.51. The SMILES string of the molecule is CC1CCC(C)C(CC(=O)O)(C(C)(C)N)C1. The van der Waals surface area contributed by atoms with Crippen molar-refractivity contribution >= 4 is 5.97 Å². The maximum Gasteiger partial charge on any atom is 0.303 e. The Hall–Kier alpha value is -0.570. The van der Waals surface area contributed by atoms with E-state index in [9.17, 15) is 4.79 Å². The molecule has 0 radical (unpaired) electrons. The van der Waals surface area contributed by atoms with Gasteiger partial charge >= 0.3 is 5.97 Å². The molecule has 16 heavy (non-hydrogen) atoms. The molecule has 1 fully saturated rings. The average Bonchev–Trinajstić information content (AvgIpc) is 2.08. The minimum Gasteiger partial charge on any atom is -0.481 e. The molecular weight excluding hydrogens is 202 g/mol. The second kappa shape index (κ2) is 4.36. The Kier molecular flexibility index (Phi) is 3.68. The number of hydrogen-bond donors (Lipinski definition) is 2. The first-order valence-corrected chi connectivity index (χ1v) is 6.20. The lowest BCUT2D eigenvalue weighted by Crippen LogP contribution is -2.57. The third kappa shape index (κ3) is 2.40. The molecule has 0 bridgehead atoms. The fourth-order valence-electron chi connectivity index (χ4n) is 3.38. The van der Waals surface area contributed by atoms with Crippen molar-refractivity contribution in [3.63, 3.8) is 0 Å². The van der Waals surface area contributed by atoms with Crippen molar-refractivity contribution in [3.05, 3.63) is 0 Å². The minimum atomic E-state index is -0.723. The summed E-state index contributed by atoms with van der Waals surface area (Å²) in [6, 6.07) is 0. The molecule has 3 unspecified atom stereocenters. The van der Waals surface area contributed by atoms with E-state index in [2.05, 4.69) is 13.8 Å². The molecule has 1 aliphatic rings. The fraction of sp³-hybridized carbons (Fsp3) is 0.923. The highest BCUT2D eigenvalue weighted by atomic mass is 16.4. The summed E-state index contributed by atoms with van der Waals surface area (Å²) in [4.78, 5) is 11.1. The molecule has 0 aromatic carbocycles. The van der Waals surface area contributed by atoms with E-state index < -0.39 is 11.5 Å². The monoisotopic (exact) mass is 227 g/mol. The first kappa shape index (κ1) is 13.5. The predicted molar refractivity (Wildman–Crippen MR) is 65.1 cm³/mol. The molecule has 0 aliphatic heterocycles. The summed E-state index contributed by atoms with van der Waals surface area (Å²) in [6.45, 7) is 8.31. The van der Waals surface area contributed by atoms with E-state index in [0.29, 0.717) is 11.8 Å². The Morgan fingerprint density at radius 3 is 2.44 bits per heavy atom. The lowest BCUT2D eigenvalue weighted by Gasteiger charge is -2.52. The fourth-order valence-corrected chi connectivity index (χ4v) is 3.38. The van der Waals surface area contributed by atoms with Gasteiger partial charge in [-0.3, -0.25) is 4.79 Å². The van der Waals surface area contributed by atoms with Gasteiger partial charge in [-0.15, -0.1) is 0 Å². The van der Waals surface area contributed by atoms with Crippen LogP contribution in [0.25, 0.3) is 0 Å². The highest BCUT2D eigenvalue weighted by Gasteiger charge is 2.50. The summed E-state index contributed by atoms with van der Waals surface area (Å²) >= 11 is 0. The van der Waals surface area contributed by atoms with Crippen LogP contribution >= 0.6 is 0 Å². The largest absolute Gasteiger partial charge is 0.481 e. The van der Waals surface area contributed by atoms with E-state index in [1.807, 2.05) is 13.8 Å². The van der Waals surface area contributed by atoms with Crippen molar-refractivity contribution in [1.29, 1.82) is 0 Å². The van der Waals surface area contributed by atoms with E-state index in [0.717, 1.165) is 12.8 Å². The minimum absolute atomic E-state index is 0.196. The summed E-state index contributed by atoms with van der Waals surface area (Å²) in [5, 5.41) is 9.14. The molecule has 0 saturated heterocycles. The molecule has 0 aromatic rings. The highest BCUT2D eigenvalue weighted by molar-refractivity contribution is 5.68. The normalized spacial score (nSPS) is 36.1. The molecule has 1 saturated carbocycles. The molecule has 0 amide bonds. The van der Waals surface area contributed by atoms with Crippen LogP contribution in [0.15, 0.2) is 0 Å². The van der Waals surface area contributed by atoms with Crippen LogP contribution in [0.2, 0.25) is 0 Å². The van der Waals surface area contributed by atoms with Gasteiger partial charge in [0.15, 0.2) is 0 Å². The number of rotatable bonds is 3. The Morgan fingerprint density at radius 2 is 2.00 bits per heavy atom. The lowest BCUT2D eigenvalue weighted by molar-refractivity contribution is -0.144. The Bertz CT molecular complexity index is 270. The zero-order chi connectivity index (χ0) is 12.6. The zero-order valence-electron chi connectivity index (χ0n) is 10.9. The maximum atomic E-state index is 11.1. The number of carbonyl (C=O) groups is 1. The van der Waals surface area contributed by atoms with Gasteiger partial charge < -0.3 is 10.8 Å². The number of carboxylic acid groups (broad SMARTS) is 1. The lowest BCUT2D eigenvalue weighted by atomic mass is 9.54. The van der Waals surface area contributed by atoms with Crippen LogP contribution in [-0.4, -0.2) is 16.6 Å². The van der Waals surface area contributed by atoms with Gasteiger partial charge in [0.1, 0.15) is 0 Å². The maximum absolute atomic E-state index is 11.1. The van der Waals surface area contributed by atoms with Crippen molar-refractivity contribution in [2.24, 2.45) is 23.0 Å². The van der Waals surface area contributed by atoms with Crippen LogP contribution in [-0.2, 0) is 4.79 Å². The van der Waals surface area contributed by atoms with Crippen molar-refractivity contribution in [2.45, 2.75) is 58.9 Å². The van der Waals surface area contributed by atoms with Gasteiger partial charge in [0.25, 0.3) is 0 Å². The Labute approximate surface area is 98.4 Å². The van der Waals surface area contributed by atoms with Gasteiger partial charge in [-0.2, -0.15) is 0 Å². The molecule has 3 heteroatoms. The van der Waals surface area contributed by atoms with Crippen molar-refractivity contribution < 1.29 is 9.90 Å². The third-order valence-corrected chi connectivity index (χ3v) is 4.50. The van der Waals surface area contributed by atoms with Crippen molar-refractivity contribution in [1.82, 2.24) is 0 Å². The number of carboxylic acids is 1. The second-order valence-corrected chi connectivity index (χ2v) is 6.24. The third-order valence-electron chi connectivity index (χ3n) is 4.50. The summed E-state index contributed by atoms with van der Waals surface area (Å²) in [6.07, 6.45) is 3.42. The van der Waals surface area contributed by atoms with Crippen molar-refractivity contribution in [2.75, 3.05) is 0 Å². The van der Waals surface area contributed by atoms with Crippen LogP contribution in [0.5, 0.6) is 0 Å². The van der Waals surface area contributed by atoms with Crippen LogP contribution in [0.3, 0.4) is 0 Å². The smallest absolute Gasteiger partial charge is 0.303 e. The number of nitrogens with two attached hydrogens (primary N) is 1. The zero-order valence-corrected chi connectivity index (χ0v) is 10.9. The van der Waals surface area contributed by atoms with Gasteiger partial charge in [-0.25, -0.2) is 0 Å². The van der Waals surface area contributed by atoms with Crippen LogP contribution < -0.4 is 5.73 Å². The van der Waals surface area contributed by atoms with Gasteiger partial charge in [-0.1, -0.05) is 20.3 Å². The van der Waals surface area contributed by atoms with Crippen LogP contribution in [0, 0.1) is 17.3 Å². The van der Waals surface area contributed by atoms with Crippen LogP contribution in [0.4, 0.5) is 0 Å². The standard InChI is InChI=1S/C13H25NO2/c1-9-5-6-10(2)13(7-9,8-11(15)16)12(3,4)14/h9-10H,5-8,14H2,1-4H3,(H,15,16). The molecule has 0 spiro atoms. The second-order valence-electron chi connectivity index (χ2n) is 6.24. The first-order chi connectivity index (χ1) is 7.19. The molecule has 1 rings (SSSR count). The van der Waals surface area contributed by atoms with Gasteiger partial charge in [0.05, 0.1) is 6.42 Å². The molecule has 3 atom stereocenters. The molecule has 1 aliphatic carbocycles. The van der Waals surface area contributed by atoms with E-state index in [-0.39, 0.29) is 11.8 Å². The Morgan fingerprint density at radius 1 is 1.44 bits per heavy atom.